The highest BCUT2D eigenvalue weighted by Crippen LogP contribution is 2.26. The van der Waals surface area contributed by atoms with Gasteiger partial charge in [0.2, 0.25) is 0 Å². The van der Waals surface area contributed by atoms with Crippen molar-refractivity contribution in [2.75, 3.05) is 18.1 Å². The van der Waals surface area contributed by atoms with Crippen molar-refractivity contribution >= 4 is 17.4 Å². The van der Waals surface area contributed by atoms with Crippen LogP contribution < -0.4 is 4.90 Å². The summed E-state index contributed by atoms with van der Waals surface area (Å²) < 4.78 is 18.8. The molecule has 5 heteroatoms. The Hall–Kier alpha value is -0.870. The van der Waals surface area contributed by atoms with E-state index in [9.17, 15) is 4.39 Å². The second kappa shape index (κ2) is 5.85. The molecule has 2 rings (SSSR count). The van der Waals surface area contributed by atoms with Crippen LogP contribution in [0.3, 0.4) is 0 Å². The minimum absolute atomic E-state index is 0.155. The Kier molecular flexibility index (Phi) is 4.40. The first kappa shape index (κ1) is 13.6. The van der Waals surface area contributed by atoms with E-state index < -0.39 is 0 Å². The van der Waals surface area contributed by atoms with E-state index in [4.69, 9.17) is 16.3 Å². The van der Waals surface area contributed by atoms with E-state index in [-0.39, 0.29) is 23.8 Å². The maximum atomic E-state index is 13.2. The van der Waals surface area contributed by atoms with Crippen molar-refractivity contribution in [2.24, 2.45) is 0 Å². The molecule has 1 aromatic rings. The summed E-state index contributed by atoms with van der Waals surface area (Å²) >= 11 is 5.89. The zero-order valence-corrected chi connectivity index (χ0v) is 11.5. The number of hydrogen-bond acceptors (Lipinski definition) is 3. The fraction of sp³-hybridized carbons (Fsp3) is 0.615. The summed E-state index contributed by atoms with van der Waals surface area (Å²) in [6.07, 6.45) is 2.37. The average Bonchev–Trinajstić information content (AvgIpc) is 2.38. The second-order valence-electron chi connectivity index (χ2n) is 4.63. The molecule has 0 N–H and O–H groups in total. The third-order valence-corrected chi connectivity index (χ3v) is 3.55. The van der Waals surface area contributed by atoms with Crippen LogP contribution >= 0.6 is 11.6 Å². The molecule has 0 bridgehead atoms. The summed E-state index contributed by atoms with van der Waals surface area (Å²) in [6.45, 7) is 5.59. The Morgan fingerprint density at radius 2 is 2.39 bits per heavy atom. The summed E-state index contributed by atoms with van der Waals surface area (Å²) in [5.74, 6) is 0.708. The predicted molar refractivity (Wildman–Crippen MR) is 70.6 cm³/mol. The summed E-state index contributed by atoms with van der Waals surface area (Å²) in [7, 11) is 0. The van der Waals surface area contributed by atoms with E-state index in [1.54, 1.807) is 0 Å². The number of rotatable bonds is 3. The van der Waals surface area contributed by atoms with Gasteiger partial charge in [0.05, 0.1) is 30.8 Å². The van der Waals surface area contributed by atoms with Crippen LogP contribution in [-0.2, 0) is 10.6 Å². The molecule has 2 atom stereocenters. The van der Waals surface area contributed by atoms with Gasteiger partial charge in [-0.25, -0.2) is 9.37 Å². The average molecular weight is 273 g/mol. The molecule has 0 saturated carbocycles. The molecule has 0 aromatic carbocycles. The Balaban J connectivity index is 2.32. The fourth-order valence-electron chi connectivity index (χ4n) is 2.27. The van der Waals surface area contributed by atoms with Crippen molar-refractivity contribution in [3.63, 3.8) is 0 Å². The van der Waals surface area contributed by atoms with Crippen LogP contribution in [0.25, 0.3) is 0 Å². The van der Waals surface area contributed by atoms with Gasteiger partial charge in [0.1, 0.15) is 11.6 Å². The molecule has 0 spiro atoms. The monoisotopic (exact) mass is 272 g/mol. The van der Waals surface area contributed by atoms with Gasteiger partial charge in [-0.2, -0.15) is 0 Å². The highest BCUT2D eigenvalue weighted by Gasteiger charge is 2.28. The van der Waals surface area contributed by atoms with E-state index in [1.807, 2.05) is 6.92 Å². The largest absolute Gasteiger partial charge is 0.375 e. The maximum absolute atomic E-state index is 13.2. The maximum Gasteiger partial charge on any atom is 0.141 e. The van der Waals surface area contributed by atoms with Crippen molar-refractivity contribution < 1.29 is 9.13 Å². The van der Waals surface area contributed by atoms with Gasteiger partial charge in [-0.15, -0.1) is 11.6 Å². The van der Waals surface area contributed by atoms with Gasteiger partial charge in [-0.1, -0.05) is 6.92 Å². The van der Waals surface area contributed by atoms with Gasteiger partial charge in [-0.05, 0) is 19.4 Å². The summed E-state index contributed by atoms with van der Waals surface area (Å²) in [6, 6.07) is 1.74. The topological polar surface area (TPSA) is 25.4 Å². The van der Waals surface area contributed by atoms with Gasteiger partial charge in [-0.3, -0.25) is 0 Å². The molecule has 1 aromatic heterocycles. The summed E-state index contributed by atoms with van der Waals surface area (Å²) in [4.78, 5) is 6.40. The molecule has 0 amide bonds. The van der Waals surface area contributed by atoms with E-state index in [1.165, 1.54) is 12.3 Å². The van der Waals surface area contributed by atoms with Gasteiger partial charge in [0, 0.05) is 12.1 Å². The standard InChI is InChI=1S/C13H18ClFN2O/c1-3-12-8-18-9(2)7-17(12)13-10(5-14)4-11(15)6-16-13/h4,6,9,12H,3,5,7-8H2,1-2H3. The van der Waals surface area contributed by atoms with Crippen LogP contribution in [0.2, 0.25) is 0 Å². The van der Waals surface area contributed by atoms with Crippen molar-refractivity contribution in [3.05, 3.63) is 23.6 Å². The number of hydrogen-bond donors (Lipinski definition) is 0. The first-order valence-electron chi connectivity index (χ1n) is 6.24. The number of pyridine rings is 1. The summed E-state index contributed by atoms with van der Waals surface area (Å²) in [5.41, 5.74) is 0.740. The molecule has 2 unspecified atom stereocenters. The van der Waals surface area contributed by atoms with Crippen molar-refractivity contribution in [2.45, 2.75) is 38.3 Å². The number of anilines is 1. The van der Waals surface area contributed by atoms with Gasteiger partial charge in [0.25, 0.3) is 0 Å². The SMILES string of the molecule is CCC1COC(C)CN1c1ncc(F)cc1CCl. The fourth-order valence-corrected chi connectivity index (χ4v) is 2.47. The number of nitrogens with zero attached hydrogens (tertiary/aromatic N) is 2. The molecule has 1 saturated heterocycles. The molecule has 1 aliphatic heterocycles. The minimum Gasteiger partial charge on any atom is -0.375 e. The predicted octanol–water partition coefficient (Wildman–Crippen LogP) is 2.96. The lowest BCUT2D eigenvalue weighted by Crippen LogP contribution is -2.49. The molecular formula is C13H18ClFN2O. The van der Waals surface area contributed by atoms with Crippen LogP contribution in [0.5, 0.6) is 0 Å². The van der Waals surface area contributed by atoms with Gasteiger partial charge >= 0.3 is 0 Å². The minimum atomic E-state index is -0.344. The molecular weight excluding hydrogens is 255 g/mol. The lowest BCUT2D eigenvalue weighted by atomic mass is 10.1. The first-order valence-corrected chi connectivity index (χ1v) is 6.77. The summed E-state index contributed by atoms with van der Waals surface area (Å²) in [5, 5.41) is 0. The molecule has 0 aliphatic carbocycles. The second-order valence-corrected chi connectivity index (χ2v) is 4.90. The van der Waals surface area contributed by atoms with Crippen molar-refractivity contribution in [1.29, 1.82) is 0 Å². The highest BCUT2D eigenvalue weighted by atomic mass is 35.5. The number of halogens is 2. The van der Waals surface area contributed by atoms with Crippen LogP contribution in [0.4, 0.5) is 10.2 Å². The lowest BCUT2D eigenvalue weighted by Gasteiger charge is -2.39. The third kappa shape index (κ3) is 2.75. The van der Waals surface area contributed by atoms with E-state index in [0.717, 1.165) is 24.3 Å². The number of ether oxygens (including phenoxy) is 1. The van der Waals surface area contributed by atoms with Crippen LogP contribution in [0.15, 0.2) is 12.3 Å². The van der Waals surface area contributed by atoms with Crippen molar-refractivity contribution in [3.8, 4) is 0 Å². The van der Waals surface area contributed by atoms with Gasteiger partial charge in [0.15, 0.2) is 0 Å². The smallest absolute Gasteiger partial charge is 0.141 e. The molecule has 18 heavy (non-hydrogen) atoms. The lowest BCUT2D eigenvalue weighted by molar-refractivity contribution is 0.0295. The van der Waals surface area contributed by atoms with E-state index >= 15 is 0 Å². The van der Waals surface area contributed by atoms with Gasteiger partial charge < -0.3 is 9.64 Å². The Labute approximate surface area is 112 Å². The normalized spacial score (nSPS) is 24.3. The third-order valence-electron chi connectivity index (χ3n) is 3.26. The van der Waals surface area contributed by atoms with Crippen LogP contribution in [0.1, 0.15) is 25.8 Å². The van der Waals surface area contributed by atoms with E-state index in [0.29, 0.717) is 6.61 Å². The Bertz CT molecular complexity index is 416. The first-order chi connectivity index (χ1) is 8.65. The van der Waals surface area contributed by atoms with Crippen LogP contribution in [0, 0.1) is 5.82 Å². The van der Waals surface area contributed by atoms with E-state index in [2.05, 4.69) is 16.8 Å². The molecule has 0 radical (unpaired) electrons. The number of aromatic nitrogens is 1. The zero-order valence-electron chi connectivity index (χ0n) is 10.7. The molecule has 1 fully saturated rings. The number of morpholine rings is 1. The highest BCUT2D eigenvalue weighted by molar-refractivity contribution is 6.17. The molecule has 100 valence electrons. The Morgan fingerprint density at radius 1 is 1.61 bits per heavy atom. The zero-order chi connectivity index (χ0) is 13.1. The Morgan fingerprint density at radius 3 is 3.06 bits per heavy atom. The molecule has 3 nitrogen and oxygen atoms in total. The van der Waals surface area contributed by atoms with Crippen molar-refractivity contribution in [1.82, 2.24) is 4.98 Å². The van der Waals surface area contributed by atoms with Crippen LogP contribution in [-0.4, -0.2) is 30.3 Å². The molecule has 2 heterocycles. The number of alkyl halides is 1. The molecule has 1 aliphatic rings. The quantitative estimate of drug-likeness (QED) is 0.791.